The minimum absolute atomic E-state index is 0.135. The molecule has 0 bridgehead atoms. The fourth-order valence-electron chi connectivity index (χ4n) is 1.99. The van der Waals surface area contributed by atoms with E-state index in [1.165, 1.54) is 39.7 Å². The highest BCUT2D eigenvalue weighted by atomic mass is 19.1. The van der Waals surface area contributed by atoms with Crippen molar-refractivity contribution in [2.75, 3.05) is 0 Å². The Kier molecular flexibility index (Phi) is 2.90. The first-order valence-corrected chi connectivity index (χ1v) is 5.97. The molecule has 0 spiro atoms. The highest BCUT2D eigenvalue weighted by Gasteiger charge is 2.10. The maximum absolute atomic E-state index is 13.1. The Morgan fingerprint density at radius 3 is 2.90 bits per heavy atom. The minimum atomic E-state index is -0.477. The molecule has 5 nitrogen and oxygen atoms in total. The van der Waals surface area contributed by atoms with Crippen LogP contribution in [0.2, 0.25) is 0 Å². The fraction of sp³-hybridized carbons (Fsp3) is 0.0714. The van der Waals surface area contributed by atoms with E-state index in [4.69, 9.17) is 0 Å². The Balaban J connectivity index is 1.95. The van der Waals surface area contributed by atoms with Gasteiger partial charge in [0.2, 0.25) is 0 Å². The van der Waals surface area contributed by atoms with E-state index in [0.717, 1.165) is 6.07 Å². The summed E-state index contributed by atoms with van der Waals surface area (Å²) in [7, 11) is 0. The van der Waals surface area contributed by atoms with Crippen molar-refractivity contribution in [3.63, 3.8) is 0 Å². The normalized spacial score (nSPS) is 10.8. The first kappa shape index (κ1) is 12.3. The molecule has 2 aromatic heterocycles. The number of ketones is 1. The second-order valence-corrected chi connectivity index (χ2v) is 4.33. The lowest BCUT2D eigenvalue weighted by atomic mass is 10.1. The molecule has 0 atom stereocenters. The minimum Gasteiger partial charge on any atom is -0.304 e. The van der Waals surface area contributed by atoms with E-state index in [-0.39, 0.29) is 23.5 Å². The summed E-state index contributed by atoms with van der Waals surface area (Å²) >= 11 is 0. The highest BCUT2D eigenvalue weighted by Crippen LogP contribution is 2.05. The summed E-state index contributed by atoms with van der Waals surface area (Å²) in [6.45, 7) is -0.135. The number of halogens is 1. The third kappa shape index (κ3) is 2.11. The number of aromatic nitrogens is 3. The fourth-order valence-corrected chi connectivity index (χ4v) is 1.99. The van der Waals surface area contributed by atoms with Gasteiger partial charge in [-0.2, -0.15) is 5.10 Å². The molecule has 0 N–H and O–H groups in total. The Labute approximate surface area is 112 Å². The van der Waals surface area contributed by atoms with Crippen molar-refractivity contribution in [1.29, 1.82) is 0 Å². The second-order valence-electron chi connectivity index (χ2n) is 4.33. The summed E-state index contributed by atoms with van der Waals surface area (Å²) in [6.07, 6.45) is 4.59. The van der Waals surface area contributed by atoms with Crippen LogP contribution in [0, 0.1) is 5.82 Å². The van der Waals surface area contributed by atoms with E-state index in [1.54, 1.807) is 12.3 Å². The molecule has 2 heterocycles. The number of nitrogens with zero attached hydrogens (tertiary/aromatic N) is 3. The monoisotopic (exact) mass is 271 g/mol. The molecular formula is C14H10FN3O2. The number of hydrogen-bond acceptors (Lipinski definition) is 3. The van der Waals surface area contributed by atoms with Crippen LogP contribution in [-0.2, 0) is 6.54 Å². The molecular weight excluding hydrogens is 261 g/mol. The van der Waals surface area contributed by atoms with Gasteiger partial charge in [0.1, 0.15) is 11.3 Å². The Morgan fingerprint density at radius 1 is 1.25 bits per heavy atom. The Morgan fingerprint density at radius 2 is 2.10 bits per heavy atom. The second kappa shape index (κ2) is 4.73. The van der Waals surface area contributed by atoms with Crippen molar-refractivity contribution in [3.05, 3.63) is 70.7 Å². The molecule has 0 saturated heterocycles. The largest absolute Gasteiger partial charge is 0.304 e. The molecule has 0 radical (unpaired) electrons. The average Bonchev–Trinajstić information content (AvgIpc) is 2.91. The van der Waals surface area contributed by atoms with Crippen LogP contribution in [-0.4, -0.2) is 20.0 Å². The summed E-state index contributed by atoms with van der Waals surface area (Å²) < 4.78 is 15.8. The van der Waals surface area contributed by atoms with Crippen molar-refractivity contribution in [2.45, 2.75) is 6.54 Å². The van der Waals surface area contributed by atoms with E-state index in [2.05, 4.69) is 5.10 Å². The summed E-state index contributed by atoms with van der Waals surface area (Å²) in [5.74, 6) is -0.801. The van der Waals surface area contributed by atoms with Crippen LogP contribution in [0.1, 0.15) is 10.4 Å². The molecule has 1 aromatic carbocycles. The quantitative estimate of drug-likeness (QED) is 0.679. The van der Waals surface area contributed by atoms with Gasteiger partial charge in [-0.1, -0.05) is 12.1 Å². The summed E-state index contributed by atoms with van der Waals surface area (Å²) in [4.78, 5) is 24.1. The molecule has 0 aliphatic heterocycles. The van der Waals surface area contributed by atoms with Crippen LogP contribution in [0.3, 0.4) is 0 Å². The van der Waals surface area contributed by atoms with E-state index >= 15 is 0 Å². The zero-order chi connectivity index (χ0) is 14.1. The predicted octanol–water partition coefficient (Wildman–Crippen LogP) is 1.52. The molecule has 0 saturated carbocycles. The van der Waals surface area contributed by atoms with E-state index in [1.807, 2.05) is 0 Å². The van der Waals surface area contributed by atoms with Gasteiger partial charge in [0.25, 0.3) is 5.56 Å². The van der Waals surface area contributed by atoms with Gasteiger partial charge in [0.15, 0.2) is 5.78 Å². The predicted molar refractivity (Wildman–Crippen MR) is 70.2 cm³/mol. The molecule has 0 aliphatic carbocycles. The lowest BCUT2D eigenvalue weighted by Crippen LogP contribution is -2.25. The van der Waals surface area contributed by atoms with Gasteiger partial charge in [-0.15, -0.1) is 0 Å². The zero-order valence-corrected chi connectivity index (χ0v) is 10.4. The van der Waals surface area contributed by atoms with Gasteiger partial charge in [-0.3, -0.25) is 9.59 Å². The average molecular weight is 271 g/mol. The standard InChI is InChI=1S/C14H10FN3O2/c15-11-3-1-2-10(8-11)13(19)9-17-6-7-18-12(14(17)20)4-5-16-18/h1-8H,9H2. The molecule has 6 heteroatoms. The van der Waals surface area contributed by atoms with E-state index in [0.29, 0.717) is 5.52 Å². The van der Waals surface area contributed by atoms with Crippen molar-refractivity contribution >= 4 is 11.3 Å². The molecule has 0 aliphatic rings. The topological polar surface area (TPSA) is 56.4 Å². The van der Waals surface area contributed by atoms with Gasteiger partial charge in [0.05, 0.1) is 12.7 Å². The summed E-state index contributed by atoms with van der Waals surface area (Å²) in [6, 6.07) is 6.98. The van der Waals surface area contributed by atoms with E-state index < -0.39 is 5.82 Å². The maximum atomic E-state index is 13.1. The van der Waals surface area contributed by atoms with E-state index in [9.17, 15) is 14.0 Å². The SMILES string of the molecule is O=C(Cn1ccn2nccc2c1=O)c1cccc(F)c1. The molecule has 20 heavy (non-hydrogen) atoms. The smallest absolute Gasteiger partial charge is 0.276 e. The van der Waals surface area contributed by atoms with Gasteiger partial charge in [-0.25, -0.2) is 8.91 Å². The third-order valence-electron chi connectivity index (χ3n) is 3.00. The Hall–Kier alpha value is -2.76. The number of Topliss-reactive ketones (excluding diaryl/α,β-unsaturated/α-hetero) is 1. The maximum Gasteiger partial charge on any atom is 0.276 e. The first-order chi connectivity index (χ1) is 9.65. The van der Waals surface area contributed by atoms with Crippen molar-refractivity contribution in [2.24, 2.45) is 0 Å². The summed E-state index contributed by atoms with van der Waals surface area (Å²) in [5, 5.41) is 3.94. The first-order valence-electron chi connectivity index (χ1n) is 5.97. The zero-order valence-electron chi connectivity index (χ0n) is 10.4. The van der Waals surface area contributed by atoms with Gasteiger partial charge in [-0.05, 0) is 18.2 Å². The number of carbonyl (C=O) groups is 1. The number of rotatable bonds is 3. The van der Waals surface area contributed by atoms with Gasteiger partial charge >= 0.3 is 0 Å². The number of carbonyl (C=O) groups excluding carboxylic acids is 1. The Bertz CT molecular complexity index is 851. The lowest BCUT2D eigenvalue weighted by molar-refractivity contribution is 0.0970. The lowest BCUT2D eigenvalue weighted by Gasteiger charge is -2.05. The molecule has 3 aromatic rings. The molecule has 0 fully saturated rings. The van der Waals surface area contributed by atoms with Crippen LogP contribution in [0.15, 0.2) is 53.7 Å². The van der Waals surface area contributed by atoms with Crippen LogP contribution in [0.25, 0.3) is 5.52 Å². The van der Waals surface area contributed by atoms with Crippen LogP contribution in [0.4, 0.5) is 4.39 Å². The number of fused-ring (bicyclic) bond motifs is 1. The molecule has 3 rings (SSSR count). The van der Waals surface area contributed by atoms with Crippen LogP contribution < -0.4 is 5.56 Å². The van der Waals surface area contributed by atoms with Crippen LogP contribution in [0.5, 0.6) is 0 Å². The molecule has 100 valence electrons. The molecule has 0 amide bonds. The summed E-state index contributed by atoms with van der Waals surface area (Å²) in [5.41, 5.74) is 0.319. The van der Waals surface area contributed by atoms with Crippen LogP contribution >= 0.6 is 0 Å². The van der Waals surface area contributed by atoms with Gasteiger partial charge in [0, 0.05) is 18.0 Å². The van der Waals surface area contributed by atoms with Gasteiger partial charge < -0.3 is 4.57 Å². The highest BCUT2D eigenvalue weighted by molar-refractivity contribution is 5.95. The number of hydrogen-bond donors (Lipinski definition) is 0. The van der Waals surface area contributed by atoms with Crippen molar-refractivity contribution < 1.29 is 9.18 Å². The number of benzene rings is 1. The van der Waals surface area contributed by atoms with Crippen molar-refractivity contribution in [1.82, 2.24) is 14.2 Å². The molecule has 0 unspecified atom stereocenters. The third-order valence-corrected chi connectivity index (χ3v) is 3.00. The van der Waals surface area contributed by atoms with Crippen molar-refractivity contribution in [3.8, 4) is 0 Å².